The molecule has 0 heterocycles. The largest absolute Gasteiger partial charge is 0.351 e. The molecule has 4 nitrogen and oxygen atoms in total. The third kappa shape index (κ3) is 6.96. The van der Waals surface area contributed by atoms with Crippen molar-refractivity contribution in [3.8, 4) is 0 Å². The van der Waals surface area contributed by atoms with E-state index in [2.05, 4.69) is 21.2 Å². The minimum Gasteiger partial charge on any atom is -0.351 e. The van der Waals surface area contributed by atoms with Crippen LogP contribution in [-0.4, -0.2) is 35.2 Å². The first-order chi connectivity index (χ1) is 15.0. The van der Waals surface area contributed by atoms with Gasteiger partial charge < -0.3 is 10.2 Å². The zero-order valence-corrected chi connectivity index (χ0v) is 20.4. The van der Waals surface area contributed by atoms with Crippen LogP contribution in [0.4, 0.5) is 0 Å². The van der Waals surface area contributed by atoms with Gasteiger partial charge in [0.25, 0.3) is 0 Å². The van der Waals surface area contributed by atoms with E-state index < -0.39 is 6.04 Å². The molecule has 31 heavy (non-hydrogen) atoms. The molecule has 2 amide bonds. The Bertz CT molecular complexity index is 885. The fourth-order valence-electron chi connectivity index (χ4n) is 4.05. The quantitative estimate of drug-likeness (QED) is 0.436. The Hall–Kier alpha value is -1.56. The maximum Gasteiger partial charge on any atom is 0.247 e. The minimum absolute atomic E-state index is 0.153. The Morgan fingerprint density at radius 2 is 1.81 bits per heavy atom. The first kappa shape index (κ1) is 24.1. The molecule has 166 valence electrons. The van der Waals surface area contributed by atoms with Gasteiger partial charge in [-0.2, -0.15) is 0 Å². The van der Waals surface area contributed by atoms with E-state index >= 15 is 0 Å². The van der Waals surface area contributed by atoms with Crippen molar-refractivity contribution >= 4 is 50.9 Å². The Labute approximate surface area is 202 Å². The smallest absolute Gasteiger partial charge is 0.247 e. The summed E-state index contributed by atoms with van der Waals surface area (Å²) in [6.45, 7) is 0.377. The number of carbonyl (C=O) groups is 2. The molecule has 0 saturated heterocycles. The molecule has 0 aromatic heterocycles. The third-order valence-electron chi connectivity index (χ3n) is 5.67. The van der Waals surface area contributed by atoms with Crippen molar-refractivity contribution in [2.75, 3.05) is 12.4 Å². The third-order valence-corrected chi connectivity index (χ3v) is 6.64. The van der Waals surface area contributed by atoms with E-state index in [1.807, 2.05) is 48.5 Å². The molecule has 1 aliphatic carbocycles. The highest BCUT2D eigenvalue weighted by Gasteiger charge is 2.32. The molecule has 0 bridgehead atoms. The summed E-state index contributed by atoms with van der Waals surface area (Å²) in [6, 6.07) is 14.5. The first-order valence-corrected chi connectivity index (χ1v) is 12.3. The zero-order valence-electron chi connectivity index (χ0n) is 17.3. The van der Waals surface area contributed by atoms with Gasteiger partial charge in [-0.3, -0.25) is 9.59 Å². The summed E-state index contributed by atoms with van der Waals surface area (Å²) in [7, 11) is 0. The van der Waals surface area contributed by atoms with Crippen LogP contribution in [-0.2, 0) is 16.0 Å². The lowest BCUT2D eigenvalue weighted by atomic mass is 9.94. The van der Waals surface area contributed by atoms with Crippen molar-refractivity contribution in [2.24, 2.45) is 0 Å². The molecular weight excluding hydrogens is 499 g/mol. The van der Waals surface area contributed by atoms with E-state index in [0.29, 0.717) is 18.0 Å². The summed E-state index contributed by atoms with van der Waals surface area (Å²) in [5.74, 6) is -0.596. The topological polar surface area (TPSA) is 49.4 Å². The van der Waals surface area contributed by atoms with Crippen molar-refractivity contribution in [1.82, 2.24) is 10.2 Å². The van der Waals surface area contributed by atoms with Crippen LogP contribution < -0.4 is 5.32 Å². The summed E-state index contributed by atoms with van der Waals surface area (Å²) in [4.78, 5) is 27.9. The molecule has 0 radical (unpaired) electrons. The van der Waals surface area contributed by atoms with Gasteiger partial charge in [-0.15, -0.1) is 11.6 Å². The fourth-order valence-corrected chi connectivity index (χ4v) is 4.75. The summed E-state index contributed by atoms with van der Waals surface area (Å²) in [6.07, 6.45) is 6.00. The van der Waals surface area contributed by atoms with Gasteiger partial charge in [0.15, 0.2) is 0 Å². The minimum atomic E-state index is -0.738. The lowest BCUT2D eigenvalue weighted by Gasteiger charge is -2.33. The molecule has 0 aliphatic heterocycles. The fraction of sp³-hybridized carbons (Fsp3) is 0.417. The van der Waals surface area contributed by atoms with Crippen molar-refractivity contribution in [2.45, 2.75) is 50.6 Å². The van der Waals surface area contributed by atoms with Crippen LogP contribution in [0.3, 0.4) is 0 Å². The monoisotopic (exact) mass is 524 g/mol. The van der Waals surface area contributed by atoms with Gasteiger partial charge in [0.1, 0.15) is 11.9 Å². The van der Waals surface area contributed by atoms with Gasteiger partial charge in [0.05, 0.1) is 0 Å². The molecule has 1 N–H and O–H groups in total. The van der Waals surface area contributed by atoms with E-state index in [1.165, 1.54) is 6.42 Å². The van der Waals surface area contributed by atoms with E-state index in [1.54, 1.807) is 4.90 Å². The summed E-state index contributed by atoms with van der Waals surface area (Å²) < 4.78 is 0.858. The Morgan fingerprint density at radius 1 is 1.10 bits per heavy atom. The molecule has 1 aliphatic rings. The van der Waals surface area contributed by atoms with E-state index in [-0.39, 0.29) is 23.7 Å². The molecule has 1 fully saturated rings. The number of nitrogens with one attached hydrogen (secondary N) is 1. The second kappa shape index (κ2) is 11.9. The summed E-state index contributed by atoms with van der Waals surface area (Å²) >= 11 is 15.4. The SMILES string of the molecule is O=C(NC1CCCCC1)C(c1cccc(Br)c1)N(CCc1ccc(Cl)cc1)C(=O)CCl. The molecule has 1 unspecified atom stereocenters. The van der Waals surface area contributed by atoms with Crippen LogP contribution in [0, 0.1) is 0 Å². The average molecular weight is 526 g/mol. The molecule has 1 saturated carbocycles. The molecule has 7 heteroatoms. The second-order valence-electron chi connectivity index (χ2n) is 7.90. The van der Waals surface area contributed by atoms with E-state index in [0.717, 1.165) is 41.3 Å². The maximum atomic E-state index is 13.5. The van der Waals surface area contributed by atoms with E-state index in [9.17, 15) is 9.59 Å². The lowest BCUT2D eigenvalue weighted by Crippen LogP contribution is -2.48. The first-order valence-electron chi connectivity index (χ1n) is 10.6. The van der Waals surface area contributed by atoms with Crippen LogP contribution in [0.2, 0.25) is 5.02 Å². The van der Waals surface area contributed by atoms with Gasteiger partial charge in [0, 0.05) is 22.1 Å². The highest BCUT2D eigenvalue weighted by Crippen LogP contribution is 2.27. The van der Waals surface area contributed by atoms with Crippen molar-refractivity contribution in [3.05, 3.63) is 69.2 Å². The number of hydrogen-bond donors (Lipinski definition) is 1. The van der Waals surface area contributed by atoms with Crippen LogP contribution in [0.5, 0.6) is 0 Å². The number of alkyl halides is 1. The van der Waals surface area contributed by atoms with Crippen LogP contribution in [0.1, 0.15) is 49.3 Å². The molecular formula is C24H27BrCl2N2O2. The maximum absolute atomic E-state index is 13.5. The highest BCUT2D eigenvalue weighted by atomic mass is 79.9. The Morgan fingerprint density at radius 3 is 2.45 bits per heavy atom. The molecule has 3 rings (SSSR count). The van der Waals surface area contributed by atoms with Crippen molar-refractivity contribution < 1.29 is 9.59 Å². The van der Waals surface area contributed by atoms with Crippen molar-refractivity contribution in [1.29, 1.82) is 0 Å². The van der Waals surface area contributed by atoms with Gasteiger partial charge in [-0.05, 0) is 54.7 Å². The Kier molecular flexibility index (Phi) is 9.24. The predicted octanol–water partition coefficient (Wildman–Crippen LogP) is 5.90. The van der Waals surface area contributed by atoms with Crippen LogP contribution >= 0.6 is 39.1 Å². The molecule has 1 atom stereocenters. The number of benzene rings is 2. The normalized spacial score (nSPS) is 15.3. The number of nitrogens with zero attached hydrogens (tertiary/aromatic N) is 1. The number of rotatable bonds is 8. The zero-order chi connectivity index (χ0) is 22.2. The van der Waals surface area contributed by atoms with Crippen LogP contribution in [0.25, 0.3) is 0 Å². The van der Waals surface area contributed by atoms with E-state index in [4.69, 9.17) is 23.2 Å². The van der Waals surface area contributed by atoms with Crippen LogP contribution in [0.15, 0.2) is 53.0 Å². The number of halogens is 3. The van der Waals surface area contributed by atoms with Gasteiger partial charge in [0.2, 0.25) is 11.8 Å². The number of carbonyl (C=O) groups excluding carboxylic acids is 2. The Balaban J connectivity index is 1.87. The summed E-state index contributed by atoms with van der Waals surface area (Å²) in [5, 5.41) is 3.86. The van der Waals surface area contributed by atoms with Crippen molar-refractivity contribution in [3.63, 3.8) is 0 Å². The van der Waals surface area contributed by atoms with Gasteiger partial charge >= 0.3 is 0 Å². The standard InChI is InChI=1S/C24H27BrCl2N2O2/c25-19-6-4-5-18(15-19)23(24(31)28-21-7-2-1-3-8-21)29(22(30)16-26)14-13-17-9-11-20(27)12-10-17/h4-6,9-12,15,21,23H,1-3,7-8,13-14,16H2,(H,28,31). The predicted molar refractivity (Wildman–Crippen MR) is 129 cm³/mol. The molecule has 2 aromatic rings. The van der Waals surface area contributed by atoms with Gasteiger partial charge in [-0.25, -0.2) is 0 Å². The number of hydrogen-bond acceptors (Lipinski definition) is 2. The van der Waals surface area contributed by atoms with Gasteiger partial charge in [-0.1, -0.05) is 71.1 Å². The highest BCUT2D eigenvalue weighted by molar-refractivity contribution is 9.10. The molecule has 0 spiro atoms. The average Bonchev–Trinajstić information content (AvgIpc) is 2.77. The second-order valence-corrected chi connectivity index (χ2v) is 9.52. The summed E-state index contributed by atoms with van der Waals surface area (Å²) in [5.41, 5.74) is 1.80. The molecule has 2 aromatic carbocycles. The number of amides is 2. The lowest BCUT2D eigenvalue weighted by molar-refractivity contribution is -0.139.